The van der Waals surface area contributed by atoms with Gasteiger partial charge in [-0.1, -0.05) is 6.07 Å². The van der Waals surface area contributed by atoms with E-state index in [0.717, 1.165) is 18.5 Å². The number of aromatic amines is 1. The second-order valence-electron chi connectivity index (χ2n) is 8.50. The maximum Gasteiger partial charge on any atom is 0.407 e. The Morgan fingerprint density at radius 2 is 2.15 bits per heavy atom. The number of nitrogens with zero attached hydrogens (tertiary/aromatic N) is 3. The average Bonchev–Trinajstić information content (AvgIpc) is 3.53. The monoisotopic (exact) mass is 466 g/mol. The summed E-state index contributed by atoms with van der Waals surface area (Å²) >= 11 is 0. The van der Waals surface area contributed by atoms with Gasteiger partial charge in [0.15, 0.2) is 12.1 Å². The van der Waals surface area contributed by atoms with E-state index in [-0.39, 0.29) is 34.9 Å². The van der Waals surface area contributed by atoms with Gasteiger partial charge in [-0.25, -0.2) is 9.48 Å². The second-order valence-corrected chi connectivity index (χ2v) is 8.50. The van der Waals surface area contributed by atoms with Gasteiger partial charge in [0, 0.05) is 29.9 Å². The van der Waals surface area contributed by atoms with Crippen molar-refractivity contribution >= 4 is 24.1 Å². The van der Waals surface area contributed by atoms with Gasteiger partial charge >= 0.3 is 6.09 Å². The first-order valence-corrected chi connectivity index (χ1v) is 11.0. The number of carbonyl (C=O) groups is 3. The van der Waals surface area contributed by atoms with Crippen molar-refractivity contribution in [2.24, 2.45) is 0 Å². The van der Waals surface area contributed by atoms with Crippen molar-refractivity contribution in [2.75, 3.05) is 5.32 Å². The highest BCUT2D eigenvalue weighted by Crippen LogP contribution is 2.36. The Morgan fingerprint density at radius 1 is 1.32 bits per heavy atom. The predicted octanol–water partition coefficient (Wildman–Crippen LogP) is 3.14. The normalized spacial score (nSPS) is 17.5. The predicted molar refractivity (Wildman–Crippen MR) is 122 cm³/mol. The van der Waals surface area contributed by atoms with Gasteiger partial charge in [0.2, 0.25) is 0 Å². The molecule has 2 heterocycles. The van der Waals surface area contributed by atoms with Gasteiger partial charge in [0.05, 0.1) is 23.0 Å². The first-order chi connectivity index (χ1) is 16.3. The molecule has 0 aliphatic heterocycles. The first-order valence-electron chi connectivity index (χ1n) is 11.0. The number of phenolic OH excluding ortho intramolecular Hbond substituents is 1. The van der Waals surface area contributed by atoms with Gasteiger partial charge in [0.1, 0.15) is 11.9 Å². The van der Waals surface area contributed by atoms with Crippen LogP contribution in [0.2, 0.25) is 0 Å². The number of ether oxygens (including phenoxy) is 1. The molecule has 2 amide bonds. The highest BCUT2D eigenvalue weighted by Gasteiger charge is 2.30. The highest BCUT2D eigenvalue weighted by atomic mass is 16.6. The molecule has 1 aliphatic carbocycles. The third kappa shape index (κ3) is 5.08. The minimum atomic E-state index is -0.421. The number of aromatic hydroxyl groups is 1. The fourth-order valence-corrected chi connectivity index (χ4v) is 3.98. The van der Waals surface area contributed by atoms with Crippen LogP contribution in [0.25, 0.3) is 5.69 Å². The van der Waals surface area contributed by atoms with Crippen LogP contribution in [-0.2, 0) is 4.74 Å². The zero-order chi connectivity index (χ0) is 24.2. The number of nitrogens with one attached hydrogen (secondary N) is 3. The van der Waals surface area contributed by atoms with Crippen LogP contribution in [0.15, 0.2) is 36.7 Å². The summed E-state index contributed by atoms with van der Waals surface area (Å²) in [4.78, 5) is 35.8. The zero-order valence-electron chi connectivity index (χ0n) is 18.8. The van der Waals surface area contributed by atoms with E-state index in [4.69, 9.17) is 4.74 Å². The van der Waals surface area contributed by atoms with Crippen molar-refractivity contribution in [3.63, 3.8) is 0 Å². The van der Waals surface area contributed by atoms with Crippen molar-refractivity contribution in [1.29, 1.82) is 0 Å². The van der Waals surface area contributed by atoms with Crippen LogP contribution in [-0.4, -0.2) is 55.5 Å². The van der Waals surface area contributed by atoms with Crippen molar-refractivity contribution in [2.45, 2.75) is 51.2 Å². The minimum Gasteiger partial charge on any atom is -0.507 e. The zero-order valence-corrected chi connectivity index (χ0v) is 18.8. The van der Waals surface area contributed by atoms with Gasteiger partial charge in [-0.05, 0) is 45.2 Å². The average molecular weight is 466 g/mol. The smallest absolute Gasteiger partial charge is 0.407 e. The number of carbonyl (C=O) groups excluding carboxylic acids is 3. The first kappa shape index (κ1) is 23.0. The molecule has 0 radical (unpaired) electrons. The van der Waals surface area contributed by atoms with E-state index >= 15 is 0 Å². The SMILES string of the molecule is CC(C)NC(=O)O[C@@H]1CC[C@H](c2cc(NC(=O)c3cnn(-c4cccc(O)c4C=O)c3)n[nH]2)C1. The lowest BCUT2D eigenvalue weighted by Crippen LogP contribution is -2.33. The van der Waals surface area contributed by atoms with E-state index in [0.29, 0.717) is 24.2 Å². The lowest BCUT2D eigenvalue weighted by Gasteiger charge is -2.14. The molecule has 11 nitrogen and oxygen atoms in total. The number of hydrogen-bond acceptors (Lipinski definition) is 7. The van der Waals surface area contributed by atoms with Gasteiger partial charge in [0.25, 0.3) is 5.91 Å². The molecule has 0 spiro atoms. The molecule has 0 saturated heterocycles. The summed E-state index contributed by atoms with van der Waals surface area (Å²) in [6, 6.07) is 6.38. The summed E-state index contributed by atoms with van der Waals surface area (Å²) in [7, 11) is 0. The molecular formula is C23H26N6O5. The minimum absolute atomic E-state index is 0.0162. The van der Waals surface area contributed by atoms with Crippen molar-refractivity contribution in [1.82, 2.24) is 25.3 Å². The van der Waals surface area contributed by atoms with Crippen LogP contribution in [0.1, 0.15) is 65.4 Å². The van der Waals surface area contributed by atoms with Crippen LogP contribution in [0.5, 0.6) is 5.75 Å². The Labute approximate surface area is 195 Å². The third-order valence-electron chi connectivity index (χ3n) is 5.61. The number of anilines is 1. The summed E-state index contributed by atoms with van der Waals surface area (Å²) in [5.41, 5.74) is 1.55. The van der Waals surface area contributed by atoms with Crippen molar-refractivity contribution in [3.8, 4) is 11.4 Å². The quantitative estimate of drug-likeness (QED) is 0.390. The summed E-state index contributed by atoms with van der Waals surface area (Å²) < 4.78 is 6.81. The number of H-pyrrole nitrogens is 1. The molecule has 0 unspecified atom stereocenters. The summed E-state index contributed by atoms with van der Waals surface area (Å²) in [6.07, 6.45) is 5.06. The molecule has 2 aromatic heterocycles. The number of rotatable bonds is 7. The van der Waals surface area contributed by atoms with E-state index in [1.54, 1.807) is 18.2 Å². The van der Waals surface area contributed by atoms with E-state index < -0.39 is 12.0 Å². The molecule has 1 aromatic carbocycles. The molecular weight excluding hydrogens is 440 g/mol. The molecule has 1 fully saturated rings. The van der Waals surface area contributed by atoms with Crippen molar-refractivity contribution < 1.29 is 24.2 Å². The molecule has 3 aromatic rings. The molecule has 1 saturated carbocycles. The van der Waals surface area contributed by atoms with E-state index in [1.165, 1.54) is 23.1 Å². The Bertz CT molecular complexity index is 1200. The standard InChI is InChI=1S/C23H26N6O5/c1-13(2)25-23(33)34-16-7-6-14(8-16)18-9-21(28-27-18)26-22(32)15-10-24-29(11-15)19-4-3-5-20(31)17(19)12-30/h3-5,9-14,16,31H,6-8H2,1-2H3,(H,25,33)(H2,26,27,28,32)/t14-,16+/m0/s1. The molecule has 1 aliphatic rings. The Morgan fingerprint density at radius 3 is 2.91 bits per heavy atom. The number of aromatic nitrogens is 4. The number of phenols is 1. The lowest BCUT2D eigenvalue weighted by atomic mass is 10.0. The number of benzene rings is 1. The molecule has 2 atom stereocenters. The van der Waals surface area contributed by atoms with Gasteiger partial charge in [-0.3, -0.25) is 14.7 Å². The van der Waals surface area contributed by atoms with E-state index in [1.807, 2.05) is 13.8 Å². The van der Waals surface area contributed by atoms with Gasteiger partial charge in [-0.15, -0.1) is 0 Å². The molecule has 178 valence electrons. The Balaban J connectivity index is 1.37. The topological polar surface area (TPSA) is 151 Å². The molecule has 34 heavy (non-hydrogen) atoms. The van der Waals surface area contributed by atoms with Crippen LogP contribution in [0.3, 0.4) is 0 Å². The Hall–Kier alpha value is -4.15. The second kappa shape index (κ2) is 9.77. The number of alkyl carbamates (subject to hydrolysis) is 1. The lowest BCUT2D eigenvalue weighted by molar-refractivity contribution is 0.0979. The van der Waals surface area contributed by atoms with Crippen LogP contribution >= 0.6 is 0 Å². The largest absolute Gasteiger partial charge is 0.507 e. The fourth-order valence-electron chi connectivity index (χ4n) is 3.98. The van der Waals surface area contributed by atoms with Crippen molar-refractivity contribution in [3.05, 3.63) is 53.5 Å². The number of hydrogen-bond donors (Lipinski definition) is 4. The van der Waals surface area contributed by atoms with Gasteiger partial charge in [-0.2, -0.15) is 10.2 Å². The van der Waals surface area contributed by atoms with Crippen LogP contribution in [0.4, 0.5) is 10.6 Å². The van der Waals surface area contributed by atoms with E-state index in [9.17, 15) is 19.5 Å². The third-order valence-corrected chi connectivity index (χ3v) is 5.61. The maximum absolute atomic E-state index is 12.7. The van der Waals surface area contributed by atoms with E-state index in [2.05, 4.69) is 25.9 Å². The number of aldehydes is 1. The molecule has 0 bridgehead atoms. The number of amides is 2. The van der Waals surface area contributed by atoms with Crippen LogP contribution < -0.4 is 10.6 Å². The molecule has 11 heteroatoms. The summed E-state index contributed by atoms with van der Waals surface area (Å²) in [5.74, 6) is -0.0841. The van der Waals surface area contributed by atoms with Gasteiger partial charge < -0.3 is 20.5 Å². The Kier molecular flexibility index (Phi) is 6.62. The molecule has 4 N–H and O–H groups in total. The molecule has 4 rings (SSSR count). The summed E-state index contributed by atoms with van der Waals surface area (Å²) in [5, 5.41) is 26.6. The fraction of sp³-hybridized carbons (Fsp3) is 0.348. The van der Waals surface area contributed by atoms with Crippen LogP contribution in [0, 0.1) is 0 Å². The summed E-state index contributed by atoms with van der Waals surface area (Å²) in [6.45, 7) is 3.75. The maximum atomic E-state index is 12.7. The highest BCUT2D eigenvalue weighted by molar-refractivity contribution is 6.03.